The molecule has 1 aliphatic carbocycles. The molecule has 1 atom stereocenters. The quantitative estimate of drug-likeness (QED) is 0.890. The number of hydrogen-bond acceptors (Lipinski definition) is 4. The van der Waals surface area contributed by atoms with E-state index in [9.17, 15) is 9.90 Å². The summed E-state index contributed by atoms with van der Waals surface area (Å²) in [5.74, 6) is 0.158. The molecule has 1 amide bonds. The summed E-state index contributed by atoms with van der Waals surface area (Å²) in [7, 11) is 0. The maximum atomic E-state index is 12.0. The molecule has 19 heavy (non-hydrogen) atoms. The highest BCUT2D eigenvalue weighted by atomic mass is 32.1. The molecule has 3 nitrogen and oxygen atoms in total. The van der Waals surface area contributed by atoms with Crippen LogP contribution in [0.5, 0.6) is 0 Å². The van der Waals surface area contributed by atoms with E-state index in [1.54, 1.807) is 17.4 Å². The second kappa shape index (κ2) is 5.07. The molecule has 0 aliphatic heterocycles. The predicted molar refractivity (Wildman–Crippen MR) is 77.6 cm³/mol. The van der Waals surface area contributed by atoms with Crippen molar-refractivity contribution < 1.29 is 9.90 Å². The first kappa shape index (κ1) is 12.8. The Morgan fingerprint density at radius 2 is 2.26 bits per heavy atom. The molecule has 5 heteroatoms. The summed E-state index contributed by atoms with van der Waals surface area (Å²) in [4.78, 5) is 12.9. The van der Waals surface area contributed by atoms with E-state index in [2.05, 4.69) is 5.32 Å². The number of nitrogens with one attached hydrogen (secondary N) is 1. The van der Waals surface area contributed by atoms with Crippen molar-refractivity contribution in [2.75, 3.05) is 6.54 Å². The van der Waals surface area contributed by atoms with E-state index in [0.717, 1.165) is 17.7 Å². The fourth-order valence-electron chi connectivity index (χ4n) is 2.23. The zero-order valence-corrected chi connectivity index (χ0v) is 12.0. The second-order valence-electron chi connectivity index (χ2n) is 4.87. The number of thiophene rings is 2. The van der Waals surface area contributed by atoms with Gasteiger partial charge in [0.05, 0.1) is 6.54 Å². The minimum atomic E-state index is -0.903. The monoisotopic (exact) mass is 293 g/mol. The Morgan fingerprint density at radius 3 is 2.84 bits per heavy atom. The van der Waals surface area contributed by atoms with E-state index in [1.165, 1.54) is 11.3 Å². The van der Waals surface area contributed by atoms with Gasteiger partial charge in [0.1, 0.15) is 5.60 Å². The Balaban J connectivity index is 1.71. The van der Waals surface area contributed by atoms with Crippen molar-refractivity contribution in [1.82, 2.24) is 5.32 Å². The van der Waals surface area contributed by atoms with Crippen molar-refractivity contribution in [2.45, 2.75) is 18.4 Å². The molecule has 0 radical (unpaired) electrons. The van der Waals surface area contributed by atoms with E-state index < -0.39 is 5.60 Å². The van der Waals surface area contributed by atoms with Crippen LogP contribution in [0.3, 0.4) is 0 Å². The van der Waals surface area contributed by atoms with Gasteiger partial charge in [0, 0.05) is 15.8 Å². The first-order valence-electron chi connectivity index (χ1n) is 6.27. The molecular weight excluding hydrogens is 278 g/mol. The van der Waals surface area contributed by atoms with Crippen LogP contribution in [0.2, 0.25) is 0 Å². The zero-order valence-electron chi connectivity index (χ0n) is 10.3. The van der Waals surface area contributed by atoms with Crippen LogP contribution < -0.4 is 5.32 Å². The number of carbonyl (C=O) groups is 1. The molecule has 0 aromatic carbocycles. The van der Waals surface area contributed by atoms with Crippen LogP contribution in [0.25, 0.3) is 0 Å². The standard InChI is InChI=1S/C14H15NO2S2/c16-13(10-5-7-18-8-10)15-9-14(17,11-3-4-11)12-2-1-6-19-12/h1-2,5-8,11,17H,3-4,9H2,(H,15,16)/t14-/m1/s1. The minimum Gasteiger partial charge on any atom is -0.382 e. The Labute approximate surface area is 119 Å². The average molecular weight is 293 g/mol. The van der Waals surface area contributed by atoms with Crippen LogP contribution >= 0.6 is 22.7 Å². The number of amides is 1. The van der Waals surface area contributed by atoms with Gasteiger partial charge in [-0.15, -0.1) is 11.3 Å². The summed E-state index contributed by atoms with van der Waals surface area (Å²) < 4.78 is 0. The molecule has 1 aliphatic rings. The van der Waals surface area contributed by atoms with Gasteiger partial charge in [0.2, 0.25) is 0 Å². The first-order chi connectivity index (χ1) is 9.20. The van der Waals surface area contributed by atoms with Crippen LogP contribution in [0, 0.1) is 5.92 Å². The van der Waals surface area contributed by atoms with Gasteiger partial charge in [0.15, 0.2) is 0 Å². The molecule has 1 fully saturated rings. The van der Waals surface area contributed by atoms with E-state index in [0.29, 0.717) is 5.56 Å². The third-order valence-corrected chi connectivity index (χ3v) is 5.22. The maximum Gasteiger partial charge on any atom is 0.252 e. The lowest BCUT2D eigenvalue weighted by molar-refractivity contribution is 0.0169. The highest BCUT2D eigenvalue weighted by Gasteiger charge is 2.45. The average Bonchev–Trinajstić information content (AvgIpc) is 2.95. The molecule has 0 unspecified atom stereocenters. The summed E-state index contributed by atoms with van der Waals surface area (Å²) in [6.07, 6.45) is 2.06. The fourth-order valence-corrected chi connectivity index (χ4v) is 3.77. The van der Waals surface area contributed by atoms with E-state index >= 15 is 0 Å². The van der Waals surface area contributed by atoms with Crippen molar-refractivity contribution in [2.24, 2.45) is 5.92 Å². The molecule has 0 bridgehead atoms. The Kier molecular flexibility index (Phi) is 3.43. The highest BCUT2D eigenvalue weighted by Crippen LogP contribution is 2.46. The SMILES string of the molecule is O=C(NC[C@](O)(c1cccs1)C1CC1)c1ccsc1. The molecule has 2 aromatic rings. The normalized spacial score (nSPS) is 17.9. The molecule has 3 rings (SSSR count). The van der Waals surface area contributed by atoms with Crippen LogP contribution in [0.4, 0.5) is 0 Å². The number of aliphatic hydroxyl groups is 1. The van der Waals surface area contributed by atoms with Gasteiger partial charge in [-0.1, -0.05) is 6.07 Å². The predicted octanol–water partition coefficient (Wildman–Crippen LogP) is 2.84. The van der Waals surface area contributed by atoms with E-state index in [4.69, 9.17) is 0 Å². The Bertz CT molecular complexity index is 546. The second-order valence-corrected chi connectivity index (χ2v) is 6.60. The molecule has 100 valence electrons. The molecule has 0 spiro atoms. The minimum absolute atomic E-state index is 0.114. The summed E-state index contributed by atoms with van der Waals surface area (Å²) in [6, 6.07) is 5.68. The lowest BCUT2D eigenvalue weighted by Gasteiger charge is -2.27. The fraction of sp³-hybridized carbons (Fsp3) is 0.357. The molecule has 2 heterocycles. The van der Waals surface area contributed by atoms with Crippen LogP contribution in [0.1, 0.15) is 28.1 Å². The lowest BCUT2D eigenvalue weighted by atomic mass is 9.95. The van der Waals surface area contributed by atoms with Gasteiger partial charge >= 0.3 is 0 Å². The van der Waals surface area contributed by atoms with Crippen LogP contribution in [0.15, 0.2) is 34.3 Å². The lowest BCUT2D eigenvalue weighted by Crippen LogP contribution is -2.41. The topological polar surface area (TPSA) is 49.3 Å². The van der Waals surface area contributed by atoms with E-state index in [1.807, 2.05) is 28.3 Å². The van der Waals surface area contributed by atoms with Gasteiger partial charge < -0.3 is 10.4 Å². The molecule has 0 saturated heterocycles. The zero-order chi connectivity index (χ0) is 13.3. The Hall–Kier alpha value is -1.17. The molecular formula is C14H15NO2S2. The molecule has 2 N–H and O–H groups in total. The van der Waals surface area contributed by atoms with Crippen molar-refractivity contribution in [3.63, 3.8) is 0 Å². The first-order valence-corrected chi connectivity index (χ1v) is 8.09. The van der Waals surface area contributed by atoms with Gasteiger partial charge in [-0.2, -0.15) is 11.3 Å². The summed E-state index contributed by atoms with van der Waals surface area (Å²) in [6.45, 7) is 0.285. The smallest absolute Gasteiger partial charge is 0.252 e. The van der Waals surface area contributed by atoms with Crippen molar-refractivity contribution in [3.05, 3.63) is 44.8 Å². The van der Waals surface area contributed by atoms with Gasteiger partial charge in [-0.25, -0.2) is 0 Å². The van der Waals surface area contributed by atoms with Crippen molar-refractivity contribution in [1.29, 1.82) is 0 Å². The third kappa shape index (κ3) is 2.59. The molecule has 1 saturated carbocycles. The number of hydrogen-bond donors (Lipinski definition) is 2. The van der Waals surface area contributed by atoms with Crippen molar-refractivity contribution >= 4 is 28.6 Å². The largest absolute Gasteiger partial charge is 0.382 e. The van der Waals surface area contributed by atoms with Gasteiger partial charge in [0.25, 0.3) is 5.91 Å². The highest BCUT2D eigenvalue weighted by molar-refractivity contribution is 7.10. The van der Waals surface area contributed by atoms with Gasteiger partial charge in [-0.05, 0) is 41.7 Å². The summed E-state index contributed by atoms with van der Waals surface area (Å²) >= 11 is 3.04. The summed E-state index contributed by atoms with van der Waals surface area (Å²) in [5, 5.41) is 19.4. The number of rotatable bonds is 5. The van der Waals surface area contributed by atoms with Gasteiger partial charge in [-0.3, -0.25) is 4.79 Å². The third-order valence-electron chi connectivity index (χ3n) is 3.50. The summed E-state index contributed by atoms with van der Waals surface area (Å²) in [5.41, 5.74) is -0.242. The van der Waals surface area contributed by atoms with Crippen LogP contribution in [-0.2, 0) is 5.60 Å². The van der Waals surface area contributed by atoms with Crippen molar-refractivity contribution in [3.8, 4) is 0 Å². The molecule has 2 aromatic heterocycles. The number of carbonyl (C=O) groups excluding carboxylic acids is 1. The van der Waals surface area contributed by atoms with Crippen LogP contribution in [-0.4, -0.2) is 17.6 Å². The Morgan fingerprint density at radius 1 is 1.42 bits per heavy atom. The maximum absolute atomic E-state index is 12.0. The van der Waals surface area contributed by atoms with E-state index in [-0.39, 0.29) is 18.4 Å².